The third kappa shape index (κ3) is 13.7. The SMILES string of the molecule is COc1cc(C(=O)OCCCN(C)CCN(C)CCC(CCCO[Si](C)(C)C(C)(C)C)O/N=C/c2ccccc2)cc(O)c1OC. The molecule has 0 spiro atoms. The van der Waals surface area contributed by atoms with E-state index in [-0.39, 0.29) is 40.6 Å². The Bertz CT molecular complexity index is 1200. The van der Waals surface area contributed by atoms with Gasteiger partial charge in [-0.2, -0.15) is 0 Å². The molecule has 1 unspecified atom stereocenters. The van der Waals surface area contributed by atoms with Crippen molar-refractivity contribution in [1.29, 1.82) is 0 Å². The topological polar surface area (TPSA) is 102 Å². The number of methoxy groups -OCH3 is 2. The van der Waals surface area contributed by atoms with E-state index in [4.69, 9.17) is 23.5 Å². The molecule has 0 aliphatic carbocycles. The lowest BCUT2D eigenvalue weighted by atomic mass is 10.1. The lowest BCUT2D eigenvalue weighted by molar-refractivity contribution is 0.0369. The summed E-state index contributed by atoms with van der Waals surface area (Å²) < 4.78 is 22.1. The molecule has 46 heavy (non-hydrogen) atoms. The minimum absolute atomic E-state index is 0.00502. The minimum Gasteiger partial charge on any atom is -0.504 e. The Morgan fingerprint density at radius 2 is 1.61 bits per heavy atom. The van der Waals surface area contributed by atoms with Gasteiger partial charge in [-0.3, -0.25) is 0 Å². The maximum atomic E-state index is 12.5. The molecule has 0 radical (unpaired) electrons. The summed E-state index contributed by atoms with van der Waals surface area (Å²) in [7, 11) is 5.28. The molecule has 2 aromatic carbocycles. The van der Waals surface area contributed by atoms with E-state index in [0.29, 0.717) is 6.42 Å². The van der Waals surface area contributed by atoms with Gasteiger partial charge in [0, 0.05) is 32.8 Å². The number of carbonyl (C=O) groups is 1. The Hall–Kier alpha value is -3.12. The van der Waals surface area contributed by atoms with Gasteiger partial charge in [-0.05, 0) is 75.6 Å². The van der Waals surface area contributed by atoms with Crippen LogP contribution in [-0.2, 0) is 14.0 Å². The molecule has 2 rings (SSSR count). The maximum Gasteiger partial charge on any atom is 0.338 e. The van der Waals surface area contributed by atoms with Gasteiger partial charge in [0.05, 0.1) is 32.6 Å². The fourth-order valence-corrected chi connectivity index (χ4v) is 5.48. The molecule has 1 N–H and O–H groups in total. The van der Waals surface area contributed by atoms with Crippen LogP contribution in [0.4, 0.5) is 0 Å². The van der Waals surface area contributed by atoms with E-state index in [0.717, 1.165) is 57.6 Å². The predicted octanol–water partition coefficient (Wildman–Crippen LogP) is 6.43. The Kier molecular flexibility index (Phi) is 16.6. The molecule has 0 aliphatic rings. The van der Waals surface area contributed by atoms with Crippen molar-refractivity contribution in [2.45, 2.75) is 70.7 Å². The lowest BCUT2D eigenvalue weighted by Crippen LogP contribution is -2.41. The number of rotatable bonds is 21. The first-order chi connectivity index (χ1) is 21.8. The summed E-state index contributed by atoms with van der Waals surface area (Å²) in [6.07, 6.45) is 5.15. The first-order valence-electron chi connectivity index (χ1n) is 16.1. The van der Waals surface area contributed by atoms with Crippen LogP contribution in [0.5, 0.6) is 17.2 Å². The number of esters is 1. The van der Waals surface area contributed by atoms with Crippen LogP contribution in [0.1, 0.15) is 62.4 Å². The molecule has 0 fully saturated rings. The molecular formula is C35H57N3O7Si. The van der Waals surface area contributed by atoms with E-state index in [9.17, 15) is 9.90 Å². The van der Waals surface area contributed by atoms with Gasteiger partial charge in [-0.1, -0.05) is 56.3 Å². The number of oxime groups is 1. The molecule has 258 valence electrons. The summed E-state index contributed by atoms with van der Waals surface area (Å²) in [6, 6.07) is 12.8. The summed E-state index contributed by atoms with van der Waals surface area (Å²) in [4.78, 5) is 23.0. The van der Waals surface area contributed by atoms with E-state index in [1.165, 1.54) is 26.4 Å². The average Bonchev–Trinajstić information content (AvgIpc) is 3.01. The number of hydrogen-bond donors (Lipinski definition) is 1. The van der Waals surface area contributed by atoms with Crippen molar-refractivity contribution in [1.82, 2.24) is 9.80 Å². The zero-order chi connectivity index (χ0) is 34.2. The van der Waals surface area contributed by atoms with Crippen molar-refractivity contribution in [2.75, 3.05) is 67.7 Å². The van der Waals surface area contributed by atoms with Gasteiger partial charge in [0.25, 0.3) is 0 Å². The van der Waals surface area contributed by atoms with Crippen molar-refractivity contribution in [3.63, 3.8) is 0 Å². The molecule has 0 aromatic heterocycles. The van der Waals surface area contributed by atoms with Gasteiger partial charge < -0.3 is 38.4 Å². The van der Waals surface area contributed by atoms with E-state index in [2.05, 4.69) is 62.9 Å². The van der Waals surface area contributed by atoms with Crippen LogP contribution in [0, 0.1) is 0 Å². The van der Waals surface area contributed by atoms with Gasteiger partial charge in [0.1, 0.15) is 6.10 Å². The van der Waals surface area contributed by atoms with Crippen molar-refractivity contribution in [3.8, 4) is 17.2 Å². The van der Waals surface area contributed by atoms with Crippen molar-refractivity contribution in [3.05, 3.63) is 53.6 Å². The summed E-state index contributed by atoms with van der Waals surface area (Å²) in [5.41, 5.74) is 1.22. The Balaban J connectivity index is 1.75. The summed E-state index contributed by atoms with van der Waals surface area (Å²) in [5, 5.41) is 14.6. The predicted molar refractivity (Wildman–Crippen MR) is 187 cm³/mol. The number of nitrogens with zero attached hydrogens (tertiary/aromatic N) is 3. The van der Waals surface area contributed by atoms with Crippen LogP contribution < -0.4 is 9.47 Å². The van der Waals surface area contributed by atoms with Gasteiger partial charge in [0.15, 0.2) is 19.8 Å². The Morgan fingerprint density at radius 3 is 2.24 bits per heavy atom. The molecule has 2 aromatic rings. The fourth-order valence-electron chi connectivity index (χ4n) is 4.40. The zero-order valence-electron chi connectivity index (χ0n) is 29.5. The number of hydrogen-bond acceptors (Lipinski definition) is 10. The second-order valence-corrected chi connectivity index (χ2v) is 18.0. The smallest absolute Gasteiger partial charge is 0.338 e. The van der Waals surface area contributed by atoms with Crippen LogP contribution >= 0.6 is 0 Å². The van der Waals surface area contributed by atoms with Crippen LogP contribution in [0.2, 0.25) is 18.1 Å². The molecule has 0 aliphatic heterocycles. The Labute approximate surface area is 277 Å². The van der Waals surface area contributed by atoms with E-state index < -0.39 is 14.3 Å². The highest BCUT2D eigenvalue weighted by atomic mass is 28.4. The first kappa shape index (κ1) is 39.1. The number of ether oxygens (including phenoxy) is 3. The normalized spacial score (nSPS) is 12.9. The first-order valence-corrected chi connectivity index (χ1v) is 19.1. The highest BCUT2D eigenvalue weighted by molar-refractivity contribution is 6.74. The third-order valence-corrected chi connectivity index (χ3v) is 13.0. The van der Waals surface area contributed by atoms with Crippen LogP contribution in [-0.4, -0.2) is 109 Å². The van der Waals surface area contributed by atoms with Gasteiger partial charge in [-0.15, -0.1) is 0 Å². The molecular weight excluding hydrogens is 602 g/mol. The largest absolute Gasteiger partial charge is 0.504 e. The summed E-state index contributed by atoms with van der Waals surface area (Å²) >= 11 is 0. The van der Waals surface area contributed by atoms with Gasteiger partial charge >= 0.3 is 5.97 Å². The number of aromatic hydroxyl groups is 1. The van der Waals surface area contributed by atoms with Crippen molar-refractivity contribution >= 4 is 20.5 Å². The van der Waals surface area contributed by atoms with Crippen LogP contribution in [0.25, 0.3) is 0 Å². The molecule has 0 saturated carbocycles. The van der Waals surface area contributed by atoms with Crippen molar-refractivity contribution in [2.24, 2.45) is 5.16 Å². The molecule has 11 heteroatoms. The number of carbonyl (C=O) groups excluding carboxylic acids is 1. The molecule has 0 amide bonds. The second kappa shape index (κ2) is 19.5. The maximum absolute atomic E-state index is 12.5. The number of benzene rings is 2. The minimum atomic E-state index is -1.77. The molecule has 1 atom stereocenters. The van der Waals surface area contributed by atoms with Crippen LogP contribution in [0.15, 0.2) is 47.6 Å². The third-order valence-electron chi connectivity index (χ3n) is 8.46. The molecule has 0 saturated heterocycles. The standard InChI is InChI=1S/C35H57N3O7Si/c1-35(2,3)46(8,9)44-24-13-17-30(45-36-27-28-15-11-10-12-16-28)18-20-38(5)22-21-37(4)19-14-23-43-34(40)29-25-31(39)33(42-7)32(26-29)41-6/h10-12,15-16,25-27,30,39H,13-14,17-24H2,1-9H3/b36-27+. The molecule has 10 nitrogen and oxygen atoms in total. The average molecular weight is 660 g/mol. The van der Waals surface area contributed by atoms with E-state index >= 15 is 0 Å². The number of likely N-dealkylation sites (N-methyl/N-ethyl adjacent to an activating group) is 2. The fraction of sp³-hybridized carbons (Fsp3) is 0.600. The summed E-state index contributed by atoms with van der Waals surface area (Å²) in [5.74, 6) is -0.245. The second-order valence-electron chi connectivity index (χ2n) is 13.2. The van der Waals surface area contributed by atoms with Crippen molar-refractivity contribution < 1.29 is 33.4 Å². The number of phenolic OH excluding ortho intramolecular Hbond substituents is 1. The van der Waals surface area contributed by atoms with Gasteiger partial charge in [-0.25, -0.2) is 4.79 Å². The lowest BCUT2D eigenvalue weighted by Gasteiger charge is -2.36. The quantitative estimate of drug-likeness (QED) is 0.0534. The monoisotopic (exact) mass is 659 g/mol. The van der Waals surface area contributed by atoms with E-state index in [1.807, 2.05) is 30.3 Å². The highest BCUT2D eigenvalue weighted by Crippen LogP contribution is 2.38. The Morgan fingerprint density at radius 1 is 0.935 bits per heavy atom. The highest BCUT2D eigenvalue weighted by Gasteiger charge is 2.36. The molecule has 0 heterocycles. The summed E-state index contributed by atoms with van der Waals surface area (Å²) in [6.45, 7) is 15.8. The molecule has 0 bridgehead atoms. The van der Waals surface area contributed by atoms with E-state index in [1.54, 1.807) is 6.21 Å². The zero-order valence-corrected chi connectivity index (χ0v) is 30.5. The van der Waals surface area contributed by atoms with Gasteiger partial charge in [0.2, 0.25) is 5.75 Å². The number of phenols is 1. The van der Waals surface area contributed by atoms with Crippen LogP contribution in [0.3, 0.4) is 0 Å².